The van der Waals surface area contributed by atoms with E-state index in [9.17, 15) is 4.79 Å². The quantitative estimate of drug-likeness (QED) is 0.761. The Labute approximate surface area is 115 Å². The first kappa shape index (κ1) is 12.3. The molecule has 0 spiro atoms. The van der Waals surface area contributed by atoms with Gasteiger partial charge in [-0.1, -0.05) is 30.3 Å². The van der Waals surface area contributed by atoms with Gasteiger partial charge in [-0.3, -0.25) is 0 Å². The summed E-state index contributed by atoms with van der Waals surface area (Å²) in [5, 5.41) is 10.0. The van der Waals surface area contributed by atoms with Crippen molar-refractivity contribution in [2.24, 2.45) is 0 Å². The molecule has 4 heteroatoms. The normalized spacial score (nSPS) is 10.6. The maximum absolute atomic E-state index is 11.1. The molecule has 2 N–H and O–H groups in total. The number of aromatic carboxylic acids is 1. The van der Waals surface area contributed by atoms with Crippen molar-refractivity contribution in [2.75, 3.05) is 0 Å². The van der Waals surface area contributed by atoms with Gasteiger partial charge >= 0.3 is 5.97 Å². The highest BCUT2D eigenvalue weighted by molar-refractivity contribution is 5.96. The lowest BCUT2D eigenvalue weighted by molar-refractivity contribution is 0.0696. The monoisotopic (exact) mass is 267 g/mol. The standard InChI is InChI=1S/C16H13NO3/c18-16(19)12-8-14-13(6-7-17-14)15(9-12)20-10-11-4-2-1-3-5-11/h1-9,17H,10H2,(H,18,19). The van der Waals surface area contributed by atoms with Gasteiger partial charge in [0.2, 0.25) is 0 Å². The molecule has 0 bridgehead atoms. The van der Waals surface area contributed by atoms with Gasteiger partial charge in [-0.15, -0.1) is 0 Å². The molecule has 0 atom stereocenters. The van der Waals surface area contributed by atoms with E-state index in [0.717, 1.165) is 16.5 Å². The first-order valence-corrected chi connectivity index (χ1v) is 6.25. The number of carbonyl (C=O) groups is 1. The van der Waals surface area contributed by atoms with Crippen LogP contribution in [0.5, 0.6) is 5.75 Å². The van der Waals surface area contributed by atoms with Crippen molar-refractivity contribution in [1.82, 2.24) is 4.98 Å². The van der Waals surface area contributed by atoms with E-state index in [1.165, 1.54) is 0 Å². The minimum absolute atomic E-state index is 0.211. The third-order valence-corrected chi connectivity index (χ3v) is 3.12. The number of hydrogen-bond donors (Lipinski definition) is 2. The molecule has 2 aromatic carbocycles. The molecular weight excluding hydrogens is 254 g/mol. The molecule has 0 aliphatic heterocycles. The van der Waals surface area contributed by atoms with Crippen LogP contribution >= 0.6 is 0 Å². The van der Waals surface area contributed by atoms with Gasteiger partial charge in [-0.2, -0.15) is 0 Å². The Balaban J connectivity index is 1.93. The molecule has 20 heavy (non-hydrogen) atoms. The van der Waals surface area contributed by atoms with E-state index in [1.54, 1.807) is 18.3 Å². The molecule has 0 radical (unpaired) electrons. The number of aromatic amines is 1. The van der Waals surface area contributed by atoms with Crippen LogP contribution in [0.4, 0.5) is 0 Å². The van der Waals surface area contributed by atoms with Crippen LogP contribution in [0.15, 0.2) is 54.7 Å². The summed E-state index contributed by atoms with van der Waals surface area (Å²) in [6.45, 7) is 0.407. The zero-order chi connectivity index (χ0) is 13.9. The van der Waals surface area contributed by atoms with E-state index >= 15 is 0 Å². The molecule has 0 saturated carbocycles. The Bertz CT molecular complexity index is 747. The van der Waals surface area contributed by atoms with Crippen molar-refractivity contribution < 1.29 is 14.6 Å². The Hall–Kier alpha value is -2.75. The second-order valence-electron chi connectivity index (χ2n) is 4.49. The van der Waals surface area contributed by atoms with Crippen LogP contribution in [0.25, 0.3) is 10.9 Å². The minimum Gasteiger partial charge on any atom is -0.488 e. The van der Waals surface area contributed by atoms with Gasteiger partial charge in [-0.25, -0.2) is 4.79 Å². The van der Waals surface area contributed by atoms with Crippen LogP contribution in [0, 0.1) is 0 Å². The van der Waals surface area contributed by atoms with Gasteiger partial charge in [0.1, 0.15) is 12.4 Å². The van der Waals surface area contributed by atoms with Gasteiger partial charge in [0.05, 0.1) is 5.56 Å². The van der Waals surface area contributed by atoms with Crippen molar-refractivity contribution in [2.45, 2.75) is 6.61 Å². The van der Waals surface area contributed by atoms with Gasteiger partial charge < -0.3 is 14.8 Å². The number of carboxylic acids is 1. The average molecular weight is 267 g/mol. The molecule has 1 aromatic heterocycles. The minimum atomic E-state index is -0.967. The number of carboxylic acid groups (broad SMARTS) is 1. The SMILES string of the molecule is O=C(O)c1cc(OCc2ccccc2)c2cc[nH]c2c1. The molecule has 0 unspecified atom stereocenters. The van der Waals surface area contributed by atoms with E-state index < -0.39 is 5.97 Å². The second-order valence-corrected chi connectivity index (χ2v) is 4.49. The number of benzene rings is 2. The van der Waals surface area contributed by atoms with Crippen LogP contribution in [0.2, 0.25) is 0 Å². The largest absolute Gasteiger partial charge is 0.488 e. The first-order valence-electron chi connectivity index (χ1n) is 6.25. The summed E-state index contributed by atoms with van der Waals surface area (Å²) >= 11 is 0. The fourth-order valence-electron chi connectivity index (χ4n) is 2.11. The number of aromatic nitrogens is 1. The molecule has 4 nitrogen and oxygen atoms in total. The lowest BCUT2D eigenvalue weighted by Crippen LogP contribution is -2.00. The first-order chi connectivity index (χ1) is 9.74. The van der Waals surface area contributed by atoms with Crippen molar-refractivity contribution in [3.63, 3.8) is 0 Å². The van der Waals surface area contributed by atoms with Crippen molar-refractivity contribution >= 4 is 16.9 Å². The summed E-state index contributed by atoms with van der Waals surface area (Å²) < 4.78 is 5.77. The van der Waals surface area contributed by atoms with Crippen LogP contribution in [0.3, 0.4) is 0 Å². The topological polar surface area (TPSA) is 62.3 Å². The number of hydrogen-bond acceptors (Lipinski definition) is 2. The highest BCUT2D eigenvalue weighted by Gasteiger charge is 2.10. The third kappa shape index (κ3) is 2.36. The summed E-state index contributed by atoms with van der Waals surface area (Å²) in [6.07, 6.45) is 1.77. The van der Waals surface area contributed by atoms with E-state index in [2.05, 4.69) is 4.98 Å². The fraction of sp³-hybridized carbons (Fsp3) is 0.0625. The van der Waals surface area contributed by atoms with Gasteiger partial charge in [0, 0.05) is 17.1 Å². The van der Waals surface area contributed by atoms with E-state index in [0.29, 0.717) is 12.4 Å². The summed E-state index contributed by atoms with van der Waals surface area (Å²) in [6, 6.07) is 14.8. The van der Waals surface area contributed by atoms with Crippen molar-refractivity contribution in [3.8, 4) is 5.75 Å². The van der Waals surface area contributed by atoms with Crippen molar-refractivity contribution in [3.05, 3.63) is 65.9 Å². The molecular formula is C16H13NO3. The zero-order valence-electron chi connectivity index (χ0n) is 10.7. The lowest BCUT2D eigenvalue weighted by Gasteiger charge is -2.09. The molecule has 1 heterocycles. The van der Waals surface area contributed by atoms with E-state index in [-0.39, 0.29) is 5.56 Å². The molecule has 3 aromatic rings. The van der Waals surface area contributed by atoms with Crippen LogP contribution in [0.1, 0.15) is 15.9 Å². The summed E-state index contributed by atoms with van der Waals surface area (Å²) in [7, 11) is 0. The maximum Gasteiger partial charge on any atom is 0.335 e. The number of ether oxygens (including phenoxy) is 1. The highest BCUT2D eigenvalue weighted by Crippen LogP contribution is 2.27. The second kappa shape index (κ2) is 5.09. The third-order valence-electron chi connectivity index (χ3n) is 3.12. The molecule has 0 aliphatic carbocycles. The molecule has 3 rings (SSSR count). The van der Waals surface area contributed by atoms with Gasteiger partial charge in [-0.05, 0) is 23.8 Å². The van der Waals surface area contributed by atoms with Crippen LogP contribution in [-0.4, -0.2) is 16.1 Å². The lowest BCUT2D eigenvalue weighted by atomic mass is 10.1. The van der Waals surface area contributed by atoms with E-state index in [1.807, 2.05) is 36.4 Å². The molecule has 0 amide bonds. The maximum atomic E-state index is 11.1. The summed E-state index contributed by atoms with van der Waals surface area (Å²) in [5.41, 5.74) is 2.01. The number of fused-ring (bicyclic) bond motifs is 1. The zero-order valence-corrected chi connectivity index (χ0v) is 10.7. The predicted octanol–water partition coefficient (Wildman–Crippen LogP) is 3.45. The molecule has 0 fully saturated rings. The molecule has 0 saturated heterocycles. The Morgan fingerprint density at radius 1 is 1.15 bits per heavy atom. The Morgan fingerprint density at radius 2 is 1.95 bits per heavy atom. The Morgan fingerprint density at radius 3 is 2.70 bits per heavy atom. The Kier molecular flexibility index (Phi) is 3.13. The number of rotatable bonds is 4. The van der Waals surface area contributed by atoms with E-state index in [4.69, 9.17) is 9.84 Å². The van der Waals surface area contributed by atoms with Gasteiger partial charge in [0.25, 0.3) is 0 Å². The number of H-pyrrole nitrogens is 1. The summed E-state index contributed by atoms with van der Waals surface area (Å²) in [4.78, 5) is 14.1. The molecule has 0 aliphatic rings. The van der Waals surface area contributed by atoms with Gasteiger partial charge in [0.15, 0.2) is 0 Å². The van der Waals surface area contributed by atoms with Crippen molar-refractivity contribution in [1.29, 1.82) is 0 Å². The highest BCUT2D eigenvalue weighted by atomic mass is 16.5. The fourth-order valence-corrected chi connectivity index (χ4v) is 2.11. The van der Waals surface area contributed by atoms with Crippen LogP contribution in [-0.2, 0) is 6.61 Å². The average Bonchev–Trinajstić information content (AvgIpc) is 2.94. The number of nitrogens with one attached hydrogen (secondary N) is 1. The summed E-state index contributed by atoms with van der Waals surface area (Å²) in [5.74, 6) is -0.393. The smallest absolute Gasteiger partial charge is 0.335 e. The van der Waals surface area contributed by atoms with Crippen LogP contribution < -0.4 is 4.74 Å². The molecule has 100 valence electrons. The predicted molar refractivity (Wildman–Crippen MR) is 76.0 cm³/mol.